The average Bonchev–Trinajstić information content (AvgIpc) is 2.87. The van der Waals surface area contributed by atoms with Gasteiger partial charge in [-0.2, -0.15) is 5.10 Å². The summed E-state index contributed by atoms with van der Waals surface area (Å²) < 4.78 is 0. The summed E-state index contributed by atoms with van der Waals surface area (Å²) in [5.41, 5.74) is 10.5. The summed E-state index contributed by atoms with van der Waals surface area (Å²) in [5, 5.41) is 9.99. The molecule has 0 fully saturated rings. The third kappa shape index (κ3) is 1.89. The van der Waals surface area contributed by atoms with Crippen LogP contribution in [-0.2, 0) is 17.8 Å². The van der Waals surface area contributed by atoms with E-state index in [4.69, 9.17) is 5.73 Å². The number of H-pyrrole nitrogens is 1. The first-order valence-corrected chi connectivity index (χ1v) is 5.94. The van der Waals surface area contributed by atoms with Crippen LogP contribution >= 0.6 is 0 Å². The van der Waals surface area contributed by atoms with Crippen molar-refractivity contribution in [1.29, 1.82) is 0 Å². The largest absolute Gasteiger partial charge is 0.326 e. The standard InChI is InChI=1S/C13H14N4O/c14-7-10-6-12(17-16-10)9-1-3-11-8(5-9)2-4-13(18)15-11/h1,3,5-6H,2,4,7,14H2,(H,15,18)(H,16,17). The number of aryl methyl sites for hydroxylation is 1. The van der Waals surface area contributed by atoms with Crippen molar-refractivity contribution in [3.63, 3.8) is 0 Å². The van der Waals surface area contributed by atoms with Crippen LogP contribution in [0.1, 0.15) is 17.7 Å². The van der Waals surface area contributed by atoms with Gasteiger partial charge >= 0.3 is 0 Å². The molecule has 1 aliphatic rings. The van der Waals surface area contributed by atoms with Crippen molar-refractivity contribution in [2.24, 2.45) is 5.73 Å². The SMILES string of the molecule is NCc1cc(-c2ccc3c(c2)CCC(=O)N3)n[nH]1. The second-order valence-electron chi connectivity index (χ2n) is 4.40. The number of amides is 1. The number of fused-ring (bicyclic) bond motifs is 1. The van der Waals surface area contributed by atoms with Crippen molar-refractivity contribution >= 4 is 11.6 Å². The molecule has 18 heavy (non-hydrogen) atoms. The lowest BCUT2D eigenvalue weighted by molar-refractivity contribution is -0.116. The smallest absolute Gasteiger partial charge is 0.224 e. The molecule has 2 heterocycles. The third-order valence-electron chi connectivity index (χ3n) is 3.15. The summed E-state index contributed by atoms with van der Waals surface area (Å²) in [6.07, 6.45) is 1.33. The van der Waals surface area contributed by atoms with Gasteiger partial charge in [-0.3, -0.25) is 9.89 Å². The van der Waals surface area contributed by atoms with Gasteiger partial charge in [0.25, 0.3) is 0 Å². The quantitative estimate of drug-likeness (QED) is 0.744. The van der Waals surface area contributed by atoms with E-state index in [0.29, 0.717) is 13.0 Å². The number of aromatic amines is 1. The van der Waals surface area contributed by atoms with Crippen LogP contribution in [0.5, 0.6) is 0 Å². The van der Waals surface area contributed by atoms with Crippen molar-refractivity contribution in [2.45, 2.75) is 19.4 Å². The van der Waals surface area contributed by atoms with Gasteiger partial charge in [0, 0.05) is 29.9 Å². The van der Waals surface area contributed by atoms with Crippen molar-refractivity contribution in [1.82, 2.24) is 10.2 Å². The molecule has 0 saturated carbocycles. The number of benzene rings is 1. The van der Waals surface area contributed by atoms with Gasteiger partial charge in [0.2, 0.25) is 5.91 Å². The van der Waals surface area contributed by atoms with Gasteiger partial charge in [0.05, 0.1) is 5.69 Å². The predicted molar refractivity (Wildman–Crippen MR) is 68.9 cm³/mol. The molecule has 4 N–H and O–H groups in total. The molecule has 92 valence electrons. The first kappa shape index (κ1) is 11.0. The minimum Gasteiger partial charge on any atom is -0.326 e. The molecule has 0 bridgehead atoms. The van der Waals surface area contributed by atoms with Crippen LogP contribution in [0.2, 0.25) is 0 Å². The van der Waals surface area contributed by atoms with Gasteiger partial charge in [0.15, 0.2) is 0 Å². The predicted octanol–water partition coefficient (Wildman–Crippen LogP) is 1.42. The molecule has 1 aromatic carbocycles. The van der Waals surface area contributed by atoms with Gasteiger partial charge in [-0.15, -0.1) is 0 Å². The van der Waals surface area contributed by atoms with Crippen molar-refractivity contribution < 1.29 is 4.79 Å². The lowest BCUT2D eigenvalue weighted by Gasteiger charge is -2.17. The summed E-state index contributed by atoms with van der Waals surface area (Å²) in [7, 11) is 0. The van der Waals surface area contributed by atoms with Crippen LogP contribution in [0.25, 0.3) is 11.3 Å². The van der Waals surface area contributed by atoms with Gasteiger partial charge in [0.1, 0.15) is 0 Å². The zero-order valence-corrected chi connectivity index (χ0v) is 9.86. The van der Waals surface area contributed by atoms with E-state index in [1.807, 2.05) is 18.2 Å². The van der Waals surface area contributed by atoms with E-state index in [2.05, 4.69) is 21.6 Å². The number of nitrogens with zero attached hydrogens (tertiary/aromatic N) is 1. The molecule has 1 amide bonds. The second kappa shape index (κ2) is 4.27. The third-order valence-corrected chi connectivity index (χ3v) is 3.15. The lowest BCUT2D eigenvalue weighted by atomic mass is 9.99. The number of rotatable bonds is 2. The van der Waals surface area contributed by atoms with Gasteiger partial charge < -0.3 is 11.1 Å². The highest BCUT2D eigenvalue weighted by molar-refractivity contribution is 5.94. The fourth-order valence-electron chi connectivity index (χ4n) is 2.16. The number of hydrogen-bond acceptors (Lipinski definition) is 3. The normalized spacial score (nSPS) is 14.2. The van der Waals surface area contributed by atoms with E-state index >= 15 is 0 Å². The van der Waals surface area contributed by atoms with Crippen LogP contribution in [0, 0.1) is 0 Å². The first-order chi connectivity index (χ1) is 8.76. The molecule has 1 aromatic heterocycles. The van der Waals surface area contributed by atoms with Gasteiger partial charge in [-0.1, -0.05) is 6.07 Å². The molecule has 0 spiro atoms. The fourth-order valence-corrected chi connectivity index (χ4v) is 2.16. The topological polar surface area (TPSA) is 83.8 Å². The van der Waals surface area contributed by atoms with Crippen LogP contribution in [0.15, 0.2) is 24.3 Å². The van der Waals surface area contributed by atoms with E-state index in [1.165, 1.54) is 0 Å². The van der Waals surface area contributed by atoms with Gasteiger partial charge in [-0.05, 0) is 30.2 Å². The molecule has 0 unspecified atom stereocenters. The second-order valence-corrected chi connectivity index (χ2v) is 4.40. The fraction of sp³-hybridized carbons (Fsp3) is 0.231. The van der Waals surface area contributed by atoms with E-state index in [-0.39, 0.29) is 5.91 Å². The Labute approximate surface area is 104 Å². The van der Waals surface area contributed by atoms with E-state index in [0.717, 1.165) is 34.6 Å². The number of aromatic nitrogens is 2. The average molecular weight is 242 g/mol. The van der Waals surface area contributed by atoms with Gasteiger partial charge in [-0.25, -0.2) is 0 Å². The Morgan fingerprint density at radius 2 is 2.17 bits per heavy atom. The molecule has 2 aromatic rings. The molecule has 3 rings (SSSR count). The highest BCUT2D eigenvalue weighted by Crippen LogP contribution is 2.27. The molecule has 5 nitrogen and oxygen atoms in total. The van der Waals surface area contributed by atoms with E-state index in [1.54, 1.807) is 0 Å². The van der Waals surface area contributed by atoms with Crippen molar-refractivity contribution in [3.05, 3.63) is 35.5 Å². The molecule has 0 radical (unpaired) electrons. The van der Waals surface area contributed by atoms with Crippen LogP contribution in [0.3, 0.4) is 0 Å². The summed E-state index contributed by atoms with van der Waals surface area (Å²) in [6, 6.07) is 7.91. The first-order valence-electron chi connectivity index (χ1n) is 5.94. The zero-order valence-electron chi connectivity index (χ0n) is 9.86. The highest BCUT2D eigenvalue weighted by atomic mass is 16.1. The molecule has 5 heteroatoms. The highest BCUT2D eigenvalue weighted by Gasteiger charge is 2.15. The number of carbonyl (C=O) groups is 1. The molecule has 0 saturated heterocycles. The molecular formula is C13H14N4O. The minimum atomic E-state index is 0.0837. The lowest BCUT2D eigenvalue weighted by Crippen LogP contribution is -2.18. The Kier molecular flexibility index (Phi) is 2.60. The van der Waals surface area contributed by atoms with Crippen LogP contribution < -0.4 is 11.1 Å². The Bertz CT molecular complexity index is 603. The number of hydrogen-bond donors (Lipinski definition) is 3. The maximum absolute atomic E-state index is 11.3. The van der Waals surface area contributed by atoms with E-state index in [9.17, 15) is 4.79 Å². The Morgan fingerprint density at radius 3 is 2.94 bits per heavy atom. The molecule has 0 atom stereocenters. The van der Waals surface area contributed by atoms with Crippen LogP contribution in [-0.4, -0.2) is 16.1 Å². The summed E-state index contributed by atoms with van der Waals surface area (Å²) in [5.74, 6) is 0.0837. The minimum absolute atomic E-state index is 0.0837. The summed E-state index contributed by atoms with van der Waals surface area (Å²) in [4.78, 5) is 11.3. The molecule has 0 aliphatic carbocycles. The maximum atomic E-state index is 11.3. The molecule has 1 aliphatic heterocycles. The van der Waals surface area contributed by atoms with Crippen LogP contribution in [0.4, 0.5) is 5.69 Å². The Morgan fingerprint density at radius 1 is 1.28 bits per heavy atom. The number of carbonyl (C=O) groups excluding carboxylic acids is 1. The summed E-state index contributed by atoms with van der Waals surface area (Å²) in [6.45, 7) is 0.452. The van der Waals surface area contributed by atoms with E-state index < -0.39 is 0 Å². The monoisotopic (exact) mass is 242 g/mol. The Hall–Kier alpha value is -2.14. The summed E-state index contributed by atoms with van der Waals surface area (Å²) >= 11 is 0. The van der Waals surface area contributed by atoms with Crippen molar-refractivity contribution in [2.75, 3.05) is 5.32 Å². The zero-order chi connectivity index (χ0) is 12.5. The maximum Gasteiger partial charge on any atom is 0.224 e. The molecular weight excluding hydrogens is 228 g/mol. The van der Waals surface area contributed by atoms with Crippen molar-refractivity contribution in [3.8, 4) is 11.3 Å². The number of nitrogens with two attached hydrogens (primary N) is 1. The Balaban J connectivity index is 1.97. The number of nitrogens with one attached hydrogen (secondary N) is 2. The number of anilines is 1.